The average molecular weight is 322 g/mol. The van der Waals surface area contributed by atoms with Crippen LogP contribution in [-0.2, 0) is 16.6 Å². The Balaban J connectivity index is 2.34. The third-order valence-corrected chi connectivity index (χ3v) is 4.74. The maximum atomic E-state index is 12.4. The fourth-order valence-electron chi connectivity index (χ4n) is 1.97. The largest absolute Gasteiger partial charge is 0.395 e. The van der Waals surface area contributed by atoms with Crippen molar-refractivity contribution in [3.05, 3.63) is 58.0 Å². The van der Waals surface area contributed by atoms with Crippen molar-refractivity contribution in [1.82, 2.24) is 4.57 Å². The Morgan fingerprint density at radius 1 is 1.14 bits per heavy atom. The molecule has 7 heteroatoms. The monoisotopic (exact) mass is 322 g/mol. The van der Waals surface area contributed by atoms with Gasteiger partial charge in [-0.05, 0) is 43.2 Å². The minimum absolute atomic E-state index is 0.109. The van der Waals surface area contributed by atoms with Crippen LogP contribution in [0.5, 0.6) is 0 Å². The Bertz CT molecular complexity index is 841. The summed E-state index contributed by atoms with van der Waals surface area (Å²) in [4.78, 5) is 11.7. The van der Waals surface area contributed by atoms with Gasteiger partial charge in [0.15, 0.2) is 0 Å². The lowest BCUT2D eigenvalue weighted by molar-refractivity contribution is 0.274. The van der Waals surface area contributed by atoms with Crippen LogP contribution in [0.2, 0.25) is 0 Å². The van der Waals surface area contributed by atoms with Gasteiger partial charge in [-0.2, -0.15) is 0 Å². The van der Waals surface area contributed by atoms with Gasteiger partial charge in [0.05, 0.1) is 17.2 Å². The normalized spacial score (nSPS) is 11.4. The maximum absolute atomic E-state index is 12.4. The zero-order valence-electron chi connectivity index (χ0n) is 12.4. The Morgan fingerprint density at radius 2 is 1.86 bits per heavy atom. The van der Waals surface area contributed by atoms with Crippen LogP contribution < -0.4 is 10.3 Å². The second-order valence-corrected chi connectivity index (χ2v) is 6.71. The molecule has 0 unspecified atom stereocenters. The second-order valence-electron chi connectivity index (χ2n) is 5.02. The summed E-state index contributed by atoms with van der Waals surface area (Å²) < 4.78 is 28.4. The number of sulfonamides is 1. The Morgan fingerprint density at radius 3 is 2.50 bits per heavy atom. The number of hydrogen-bond donors (Lipinski definition) is 2. The molecule has 0 saturated heterocycles. The van der Waals surface area contributed by atoms with Crippen molar-refractivity contribution in [2.75, 3.05) is 11.3 Å². The van der Waals surface area contributed by atoms with Crippen molar-refractivity contribution in [2.24, 2.45) is 0 Å². The SMILES string of the molecule is Cc1ccc(S(=O)(=O)Nc2ccc(=O)n(CCO)c2)cc1C. The van der Waals surface area contributed by atoms with Crippen LogP contribution in [0.3, 0.4) is 0 Å². The number of aliphatic hydroxyl groups is 1. The smallest absolute Gasteiger partial charge is 0.261 e. The van der Waals surface area contributed by atoms with Gasteiger partial charge in [0.1, 0.15) is 0 Å². The van der Waals surface area contributed by atoms with Crippen LogP contribution >= 0.6 is 0 Å². The molecule has 0 radical (unpaired) electrons. The summed E-state index contributed by atoms with van der Waals surface area (Å²) in [5.74, 6) is 0. The first-order valence-electron chi connectivity index (χ1n) is 6.75. The summed E-state index contributed by atoms with van der Waals surface area (Å²) in [5.41, 5.74) is 1.86. The van der Waals surface area contributed by atoms with Gasteiger partial charge < -0.3 is 9.67 Å². The molecule has 2 N–H and O–H groups in total. The van der Waals surface area contributed by atoms with E-state index < -0.39 is 10.0 Å². The number of pyridine rings is 1. The van der Waals surface area contributed by atoms with Crippen LogP contribution in [0.25, 0.3) is 0 Å². The standard InChI is InChI=1S/C15H18N2O4S/c1-11-3-5-14(9-12(11)2)22(20,21)16-13-4-6-15(19)17(10-13)7-8-18/h3-6,9-10,16,18H,7-8H2,1-2H3. The molecular weight excluding hydrogens is 304 g/mol. The quantitative estimate of drug-likeness (QED) is 0.867. The highest BCUT2D eigenvalue weighted by molar-refractivity contribution is 7.92. The molecule has 2 aromatic rings. The lowest BCUT2D eigenvalue weighted by atomic mass is 10.1. The summed E-state index contributed by atoms with van der Waals surface area (Å²) in [5, 5.41) is 8.90. The topological polar surface area (TPSA) is 88.4 Å². The van der Waals surface area contributed by atoms with Crippen LogP contribution in [0, 0.1) is 13.8 Å². The highest BCUT2D eigenvalue weighted by Crippen LogP contribution is 2.18. The molecule has 0 spiro atoms. The molecular formula is C15H18N2O4S. The summed E-state index contributed by atoms with van der Waals surface area (Å²) in [7, 11) is -3.73. The maximum Gasteiger partial charge on any atom is 0.261 e. The van der Waals surface area contributed by atoms with E-state index in [2.05, 4.69) is 4.72 Å². The molecule has 6 nitrogen and oxygen atoms in total. The van der Waals surface area contributed by atoms with Gasteiger partial charge in [0.2, 0.25) is 0 Å². The Kier molecular flexibility index (Phi) is 4.68. The van der Waals surface area contributed by atoms with E-state index in [0.717, 1.165) is 11.1 Å². The molecule has 1 heterocycles. The van der Waals surface area contributed by atoms with Crippen LogP contribution in [0.15, 0.2) is 46.2 Å². The molecule has 22 heavy (non-hydrogen) atoms. The van der Waals surface area contributed by atoms with Gasteiger partial charge in [0.25, 0.3) is 15.6 Å². The summed E-state index contributed by atoms with van der Waals surface area (Å²) in [6.45, 7) is 3.66. The van der Waals surface area contributed by atoms with E-state index in [1.807, 2.05) is 13.8 Å². The minimum Gasteiger partial charge on any atom is -0.395 e. The molecule has 0 atom stereocenters. The molecule has 0 aliphatic carbocycles. The van der Waals surface area contributed by atoms with Gasteiger partial charge in [-0.15, -0.1) is 0 Å². The predicted molar refractivity (Wildman–Crippen MR) is 84.5 cm³/mol. The molecule has 118 valence electrons. The lowest BCUT2D eigenvalue weighted by Gasteiger charge is -2.11. The molecule has 0 aliphatic heterocycles. The van der Waals surface area contributed by atoms with Gasteiger partial charge in [0, 0.05) is 18.8 Å². The number of nitrogens with zero attached hydrogens (tertiary/aromatic N) is 1. The van der Waals surface area contributed by atoms with E-state index in [-0.39, 0.29) is 29.3 Å². The van der Waals surface area contributed by atoms with Crippen molar-refractivity contribution in [3.8, 4) is 0 Å². The van der Waals surface area contributed by atoms with Crippen molar-refractivity contribution in [1.29, 1.82) is 0 Å². The van der Waals surface area contributed by atoms with Gasteiger partial charge >= 0.3 is 0 Å². The van der Waals surface area contributed by atoms with Crippen molar-refractivity contribution in [2.45, 2.75) is 25.3 Å². The van der Waals surface area contributed by atoms with Crippen LogP contribution in [-0.4, -0.2) is 24.7 Å². The van der Waals surface area contributed by atoms with E-state index in [1.54, 1.807) is 12.1 Å². The average Bonchev–Trinajstić information content (AvgIpc) is 2.45. The Labute approximate surface area is 129 Å². The third kappa shape index (κ3) is 3.55. The van der Waals surface area contributed by atoms with Crippen molar-refractivity contribution in [3.63, 3.8) is 0 Å². The van der Waals surface area contributed by atoms with Crippen molar-refractivity contribution < 1.29 is 13.5 Å². The molecule has 0 fully saturated rings. The highest BCUT2D eigenvalue weighted by Gasteiger charge is 2.15. The van der Waals surface area contributed by atoms with Crippen LogP contribution in [0.4, 0.5) is 5.69 Å². The first-order chi connectivity index (χ1) is 10.3. The van der Waals surface area contributed by atoms with E-state index >= 15 is 0 Å². The number of anilines is 1. The minimum atomic E-state index is -3.73. The van der Waals surface area contributed by atoms with Gasteiger partial charge in [-0.25, -0.2) is 8.42 Å². The van der Waals surface area contributed by atoms with E-state index in [9.17, 15) is 13.2 Å². The molecule has 1 aromatic heterocycles. The fraction of sp³-hybridized carbons (Fsp3) is 0.267. The van der Waals surface area contributed by atoms with E-state index in [0.29, 0.717) is 0 Å². The number of aliphatic hydroxyl groups excluding tert-OH is 1. The first-order valence-corrected chi connectivity index (χ1v) is 8.23. The third-order valence-electron chi connectivity index (χ3n) is 3.37. The van der Waals surface area contributed by atoms with Gasteiger partial charge in [-0.3, -0.25) is 9.52 Å². The predicted octanol–water partition coefficient (Wildman–Crippen LogP) is 1.26. The second kappa shape index (κ2) is 6.33. The Hall–Kier alpha value is -2.12. The fourth-order valence-corrected chi connectivity index (χ4v) is 3.10. The van der Waals surface area contributed by atoms with E-state index in [1.165, 1.54) is 29.0 Å². The van der Waals surface area contributed by atoms with Gasteiger partial charge in [-0.1, -0.05) is 6.07 Å². The summed E-state index contributed by atoms with van der Waals surface area (Å²) in [6.07, 6.45) is 1.37. The molecule has 2 rings (SSSR count). The molecule has 0 aliphatic rings. The molecule has 1 aromatic carbocycles. The molecule has 0 saturated carbocycles. The van der Waals surface area contributed by atoms with Crippen LogP contribution in [0.1, 0.15) is 11.1 Å². The zero-order chi connectivity index (χ0) is 16.3. The summed E-state index contributed by atoms with van der Waals surface area (Å²) >= 11 is 0. The molecule has 0 bridgehead atoms. The van der Waals surface area contributed by atoms with E-state index in [4.69, 9.17) is 5.11 Å². The number of hydrogen-bond acceptors (Lipinski definition) is 4. The highest BCUT2D eigenvalue weighted by atomic mass is 32.2. The lowest BCUT2D eigenvalue weighted by Crippen LogP contribution is -2.22. The number of aromatic nitrogens is 1. The number of nitrogens with one attached hydrogen (secondary N) is 1. The zero-order valence-corrected chi connectivity index (χ0v) is 13.2. The van der Waals surface area contributed by atoms with Crippen molar-refractivity contribution >= 4 is 15.7 Å². The molecule has 0 amide bonds. The first kappa shape index (κ1) is 16.3. The summed E-state index contributed by atoms with van der Waals surface area (Å²) in [6, 6.07) is 7.54. The number of benzene rings is 1. The number of rotatable bonds is 5. The number of aryl methyl sites for hydroxylation is 2.